The third-order valence-corrected chi connectivity index (χ3v) is 6.09. The number of aromatic hydroxyl groups is 1. The molecule has 2 fully saturated rings. The molecule has 0 radical (unpaired) electrons. The highest BCUT2D eigenvalue weighted by Crippen LogP contribution is 2.70. The summed E-state index contributed by atoms with van der Waals surface area (Å²) in [6, 6.07) is 7.89. The molecule has 3 atom stereocenters. The van der Waals surface area contributed by atoms with Crippen LogP contribution in [0.15, 0.2) is 24.3 Å². The van der Waals surface area contributed by atoms with Crippen molar-refractivity contribution in [2.24, 2.45) is 16.7 Å². The summed E-state index contributed by atoms with van der Waals surface area (Å²) >= 11 is 0. The van der Waals surface area contributed by atoms with Crippen molar-refractivity contribution in [3.8, 4) is 5.75 Å². The molecule has 2 aliphatic rings. The zero-order valence-corrected chi connectivity index (χ0v) is 11.0. The first-order valence-corrected chi connectivity index (χ1v) is 6.74. The van der Waals surface area contributed by atoms with Gasteiger partial charge in [-0.15, -0.1) is 0 Å². The van der Waals surface area contributed by atoms with Gasteiger partial charge >= 0.3 is 0 Å². The van der Waals surface area contributed by atoms with E-state index in [0.29, 0.717) is 22.5 Å². The van der Waals surface area contributed by atoms with Gasteiger partial charge in [-0.2, -0.15) is 0 Å². The van der Waals surface area contributed by atoms with Crippen molar-refractivity contribution in [2.45, 2.75) is 46.0 Å². The molecular formula is C16H22O. The number of benzene rings is 1. The fourth-order valence-corrected chi connectivity index (χ4v) is 4.41. The van der Waals surface area contributed by atoms with E-state index < -0.39 is 0 Å². The van der Waals surface area contributed by atoms with Gasteiger partial charge in [0.1, 0.15) is 5.75 Å². The Labute approximate surface area is 104 Å². The summed E-state index contributed by atoms with van der Waals surface area (Å²) in [6.07, 6.45) is 4.09. The SMILES string of the molecule is CC1(C)[C@H]2CC[C@]1(C)[C@H](c1ccc(O)cc1)C2. The number of phenols is 1. The largest absolute Gasteiger partial charge is 0.508 e. The molecule has 0 aliphatic heterocycles. The molecule has 1 N–H and O–H groups in total. The highest BCUT2D eigenvalue weighted by Gasteiger charge is 2.61. The maximum atomic E-state index is 9.40. The smallest absolute Gasteiger partial charge is 0.115 e. The molecule has 1 heteroatoms. The van der Waals surface area contributed by atoms with E-state index in [4.69, 9.17) is 0 Å². The minimum Gasteiger partial charge on any atom is -0.508 e. The lowest BCUT2D eigenvalue weighted by Gasteiger charge is -2.39. The third-order valence-electron chi connectivity index (χ3n) is 6.09. The zero-order valence-electron chi connectivity index (χ0n) is 11.0. The fraction of sp³-hybridized carbons (Fsp3) is 0.625. The summed E-state index contributed by atoms with van der Waals surface area (Å²) in [5, 5.41) is 9.40. The Hall–Kier alpha value is -0.980. The molecule has 17 heavy (non-hydrogen) atoms. The molecule has 1 aromatic rings. The lowest BCUT2D eigenvalue weighted by atomic mass is 9.65. The van der Waals surface area contributed by atoms with Gasteiger partial charge in [0.15, 0.2) is 0 Å². The van der Waals surface area contributed by atoms with E-state index in [1.54, 1.807) is 0 Å². The molecule has 0 saturated heterocycles. The Bertz CT molecular complexity index is 431. The Morgan fingerprint density at radius 3 is 2.24 bits per heavy atom. The van der Waals surface area contributed by atoms with Crippen molar-refractivity contribution < 1.29 is 5.11 Å². The normalized spacial score (nSPS) is 38.5. The van der Waals surface area contributed by atoms with Crippen LogP contribution in [-0.2, 0) is 0 Å². The maximum absolute atomic E-state index is 9.40. The summed E-state index contributed by atoms with van der Waals surface area (Å²) in [6.45, 7) is 7.37. The predicted octanol–water partition coefficient (Wildman–Crippen LogP) is 4.32. The number of fused-ring (bicyclic) bond motifs is 2. The number of rotatable bonds is 1. The van der Waals surface area contributed by atoms with E-state index in [2.05, 4.69) is 32.9 Å². The monoisotopic (exact) mass is 230 g/mol. The zero-order chi connectivity index (χ0) is 12.3. The average Bonchev–Trinajstić information content (AvgIpc) is 2.62. The van der Waals surface area contributed by atoms with Gasteiger partial charge in [-0.25, -0.2) is 0 Å². The van der Waals surface area contributed by atoms with Crippen LogP contribution in [0.25, 0.3) is 0 Å². The molecule has 3 rings (SSSR count). The van der Waals surface area contributed by atoms with Crippen LogP contribution in [0.5, 0.6) is 5.75 Å². The molecule has 2 saturated carbocycles. The Morgan fingerprint density at radius 2 is 1.76 bits per heavy atom. The number of phenolic OH excluding ortho intramolecular Hbond substituents is 1. The quantitative estimate of drug-likeness (QED) is 0.761. The van der Waals surface area contributed by atoms with Crippen molar-refractivity contribution in [1.29, 1.82) is 0 Å². The van der Waals surface area contributed by atoms with Gasteiger partial charge in [-0.05, 0) is 59.6 Å². The lowest BCUT2D eigenvalue weighted by molar-refractivity contribution is 0.134. The van der Waals surface area contributed by atoms with Crippen molar-refractivity contribution >= 4 is 0 Å². The second-order valence-corrected chi connectivity index (χ2v) is 6.75. The van der Waals surface area contributed by atoms with Crippen LogP contribution < -0.4 is 0 Å². The summed E-state index contributed by atoms with van der Waals surface area (Å²) in [5.74, 6) is 1.93. The highest BCUT2D eigenvalue weighted by atomic mass is 16.3. The Balaban J connectivity index is 1.99. The molecule has 92 valence electrons. The summed E-state index contributed by atoms with van der Waals surface area (Å²) in [5.41, 5.74) is 2.32. The van der Waals surface area contributed by atoms with E-state index >= 15 is 0 Å². The molecule has 0 aromatic heterocycles. The van der Waals surface area contributed by atoms with E-state index in [-0.39, 0.29) is 0 Å². The molecule has 0 unspecified atom stereocenters. The topological polar surface area (TPSA) is 20.2 Å². The number of hydrogen-bond acceptors (Lipinski definition) is 1. The Kier molecular flexibility index (Phi) is 2.14. The maximum Gasteiger partial charge on any atom is 0.115 e. The van der Waals surface area contributed by atoms with Crippen molar-refractivity contribution in [1.82, 2.24) is 0 Å². The van der Waals surface area contributed by atoms with Gasteiger partial charge < -0.3 is 5.11 Å². The van der Waals surface area contributed by atoms with E-state index in [0.717, 1.165) is 5.92 Å². The van der Waals surface area contributed by atoms with Gasteiger partial charge in [0, 0.05) is 0 Å². The number of hydrogen-bond donors (Lipinski definition) is 1. The second kappa shape index (κ2) is 3.28. The molecule has 2 aliphatic carbocycles. The lowest BCUT2D eigenvalue weighted by Crippen LogP contribution is -2.31. The van der Waals surface area contributed by atoms with Crippen molar-refractivity contribution in [3.63, 3.8) is 0 Å². The van der Waals surface area contributed by atoms with Gasteiger partial charge in [-0.3, -0.25) is 0 Å². The van der Waals surface area contributed by atoms with Crippen LogP contribution in [-0.4, -0.2) is 5.11 Å². The third kappa shape index (κ3) is 1.31. The fourth-order valence-electron chi connectivity index (χ4n) is 4.41. The molecule has 0 amide bonds. The van der Waals surface area contributed by atoms with Gasteiger partial charge in [0.05, 0.1) is 0 Å². The van der Waals surface area contributed by atoms with Gasteiger partial charge in [-0.1, -0.05) is 32.9 Å². The van der Waals surface area contributed by atoms with Crippen LogP contribution in [0, 0.1) is 16.7 Å². The van der Waals surface area contributed by atoms with E-state index in [1.807, 2.05) is 12.1 Å². The average molecular weight is 230 g/mol. The van der Waals surface area contributed by atoms with Gasteiger partial charge in [0.2, 0.25) is 0 Å². The molecule has 0 spiro atoms. The predicted molar refractivity (Wildman–Crippen MR) is 70.1 cm³/mol. The summed E-state index contributed by atoms with van der Waals surface area (Å²) < 4.78 is 0. The van der Waals surface area contributed by atoms with Crippen LogP contribution in [0.3, 0.4) is 0 Å². The van der Waals surface area contributed by atoms with Gasteiger partial charge in [0.25, 0.3) is 0 Å². The molecule has 0 heterocycles. The van der Waals surface area contributed by atoms with E-state index in [9.17, 15) is 5.11 Å². The van der Waals surface area contributed by atoms with Crippen molar-refractivity contribution in [3.05, 3.63) is 29.8 Å². The minimum atomic E-state index is 0.376. The van der Waals surface area contributed by atoms with Crippen molar-refractivity contribution in [2.75, 3.05) is 0 Å². The van der Waals surface area contributed by atoms with Crippen LogP contribution in [0.4, 0.5) is 0 Å². The molecule has 2 bridgehead atoms. The second-order valence-electron chi connectivity index (χ2n) is 6.75. The van der Waals surface area contributed by atoms with Crippen LogP contribution in [0.2, 0.25) is 0 Å². The summed E-state index contributed by atoms with van der Waals surface area (Å²) in [7, 11) is 0. The first-order chi connectivity index (χ1) is 7.95. The summed E-state index contributed by atoms with van der Waals surface area (Å²) in [4.78, 5) is 0. The molecule has 1 aromatic carbocycles. The standard InChI is InChI=1S/C16H22O/c1-15(2)12-8-9-16(15,3)14(10-12)11-4-6-13(17)7-5-11/h4-7,12,14,17H,8-10H2,1-3H3/t12-,14-,16+/m0/s1. The first kappa shape index (κ1) is 11.1. The van der Waals surface area contributed by atoms with Crippen LogP contribution in [0.1, 0.15) is 51.5 Å². The van der Waals surface area contributed by atoms with Crippen LogP contribution >= 0.6 is 0 Å². The highest BCUT2D eigenvalue weighted by molar-refractivity contribution is 5.32. The molecule has 1 nitrogen and oxygen atoms in total. The molecular weight excluding hydrogens is 208 g/mol. The van der Waals surface area contributed by atoms with E-state index in [1.165, 1.54) is 24.8 Å². The Morgan fingerprint density at radius 1 is 1.12 bits per heavy atom. The first-order valence-electron chi connectivity index (χ1n) is 6.74. The minimum absolute atomic E-state index is 0.376.